The van der Waals surface area contributed by atoms with Gasteiger partial charge in [-0.05, 0) is 0 Å². The van der Waals surface area contributed by atoms with Gasteiger partial charge in [0.2, 0.25) is 0 Å². The fourth-order valence-corrected chi connectivity index (χ4v) is 0.284. The second kappa shape index (κ2) is 2.63. The maximum absolute atomic E-state index is 11.3. The molecule has 0 heterocycles. The van der Waals surface area contributed by atoms with Gasteiger partial charge in [0.15, 0.2) is 5.16 Å². The molecule has 0 fully saturated rings. The number of rotatable bonds is 1. The Morgan fingerprint density at radius 3 is 2.29 bits per heavy atom. The maximum atomic E-state index is 11.3. The summed E-state index contributed by atoms with van der Waals surface area (Å²) >= 11 is 0.0648. The third-order valence-corrected chi connectivity index (χ3v) is 0.594. The summed E-state index contributed by atoms with van der Waals surface area (Å²) in [5.74, 6) is 0. The summed E-state index contributed by atoms with van der Waals surface area (Å²) in [6.07, 6.45) is 0. The lowest BCUT2D eigenvalue weighted by Crippen LogP contribution is -1.78. The number of thioether (sulfide) groups is 1. The number of carbonyl (C=O) groups is 1. The van der Waals surface area contributed by atoms with Crippen LogP contribution in [-0.4, -0.2) is 10.4 Å². The van der Waals surface area contributed by atoms with Crippen LogP contribution in [0.4, 0.5) is 9.18 Å². The van der Waals surface area contributed by atoms with E-state index in [4.69, 9.17) is 5.11 Å². The minimum absolute atomic E-state index is 0.0648. The van der Waals surface area contributed by atoms with Crippen LogP contribution in [-0.2, 0) is 0 Å². The van der Waals surface area contributed by atoms with Crippen LogP contribution >= 0.6 is 11.8 Å². The summed E-state index contributed by atoms with van der Waals surface area (Å²) in [4.78, 5) is 9.47. The molecule has 0 spiro atoms. The predicted octanol–water partition coefficient (Wildman–Crippen LogP) is 1.84. The number of halogens is 1. The zero-order valence-electron chi connectivity index (χ0n) is 3.35. The van der Waals surface area contributed by atoms with E-state index in [1.807, 2.05) is 0 Å². The molecular weight excluding hydrogens is 119 g/mol. The maximum Gasteiger partial charge on any atom is 0.371 e. The minimum Gasteiger partial charge on any atom is -0.473 e. The monoisotopic (exact) mass is 122 g/mol. The van der Waals surface area contributed by atoms with Crippen molar-refractivity contribution in [3.8, 4) is 0 Å². The van der Waals surface area contributed by atoms with E-state index in [1.54, 1.807) is 0 Å². The van der Waals surface area contributed by atoms with E-state index in [-0.39, 0.29) is 11.8 Å². The first kappa shape index (κ1) is 6.49. The zero-order chi connectivity index (χ0) is 5.86. The summed E-state index contributed by atoms with van der Waals surface area (Å²) < 4.78 is 11.3. The first-order valence-electron chi connectivity index (χ1n) is 1.38. The van der Waals surface area contributed by atoms with E-state index in [2.05, 4.69) is 6.58 Å². The van der Waals surface area contributed by atoms with Gasteiger partial charge in [0.05, 0.1) is 0 Å². The Kier molecular flexibility index (Phi) is 2.44. The molecule has 40 valence electrons. The van der Waals surface area contributed by atoms with Gasteiger partial charge < -0.3 is 5.11 Å². The van der Waals surface area contributed by atoms with E-state index in [1.165, 1.54) is 0 Å². The smallest absolute Gasteiger partial charge is 0.371 e. The Balaban J connectivity index is 3.32. The topological polar surface area (TPSA) is 37.3 Å². The molecule has 0 amide bonds. The summed E-state index contributed by atoms with van der Waals surface area (Å²) in [5, 5.41) is 5.58. The highest BCUT2D eigenvalue weighted by atomic mass is 32.2. The van der Waals surface area contributed by atoms with Crippen molar-refractivity contribution in [2.24, 2.45) is 0 Å². The molecule has 1 N–H and O–H groups in total. The van der Waals surface area contributed by atoms with Crippen LogP contribution in [0.25, 0.3) is 0 Å². The van der Waals surface area contributed by atoms with Gasteiger partial charge in [-0.25, -0.2) is 4.79 Å². The van der Waals surface area contributed by atoms with Gasteiger partial charge in [-0.3, -0.25) is 0 Å². The highest BCUT2D eigenvalue weighted by Gasteiger charge is 1.97. The lowest BCUT2D eigenvalue weighted by atomic mass is 11.2. The molecule has 0 saturated heterocycles. The quantitative estimate of drug-likeness (QED) is 0.576. The molecule has 0 atom stereocenters. The van der Waals surface area contributed by atoms with E-state index < -0.39 is 10.5 Å². The highest BCUT2D eigenvalue weighted by molar-refractivity contribution is 8.16. The second-order valence-electron chi connectivity index (χ2n) is 0.723. The van der Waals surface area contributed by atoms with Gasteiger partial charge >= 0.3 is 5.30 Å². The number of hydrogen-bond donors (Lipinski definition) is 1. The van der Waals surface area contributed by atoms with Crippen molar-refractivity contribution < 1.29 is 14.3 Å². The van der Waals surface area contributed by atoms with Gasteiger partial charge in [0.1, 0.15) is 0 Å². The standard InChI is InChI=1S/C3H3FO2S/c1-2(4)7-3(5)6/h1H2,(H,5,6). The fraction of sp³-hybridized carbons (Fsp3) is 0. The van der Waals surface area contributed by atoms with E-state index in [0.29, 0.717) is 0 Å². The van der Waals surface area contributed by atoms with E-state index >= 15 is 0 Å². The van der Waals surface area contributed by atoms with Crippen molar-refractivity contribution in [3.63, 3.8) is 0 Å². The summed E-state index contributed by atoms with van der Waals surface area (Å²) in [6.45, 7) is 2.71. The highest BCUT2D eigenvalue weighted by Crippen LogP contribution is 2.13. The van der Waals surface area contributed by atoms with Crippen molar-refractivity contribution >= 4 is 17.1 Å². The molecule has 0 aromatic heterocycles. The molecule has 4 heteroatoms. The average molecular weight is 122 g/mol. The molecule has 2 nitrogen and oxygen atoms in total. The van der Waals surface area contributed by atoms with Crippen LogP contribution in [0.15, 0.2) is 11.7 Å². The molecule has 0 aromatic carbocycles. The van der Waals surface area contributed by atoms with Crippen molar-refractivity contribution in [1.82, 2.24) is 0 Å². The second-order valence-corrected chi connectivity index (χ2v) is 1.72. The van der Waals surface area contributed by atoms with E-state index in [9.17, 15) is 9.18 Å². The minimum atomic E-state index is -1.27. The average Bonchev–Trinajstić information content (AvgIpc) is 1.27. The molecule has 0 aliphatic rings. The normalized spacial score (nSPS) is 8.14. The predicted molar refractivity (Wildman–Crippen MR) is 25.9 cm³/mol. The zero-order valence-corrected chi connectivity index (χ0v) is 4.17. The molecule has 0 rings (SSSR count). The van der Waals surface area contributed by atoms with Gasteiger partial charge in [-0.1, -0.05) is 6.58 Å². The summed E-state index contributed by atoms with van der Waals surface area (Å²) in [7, 11) is 0. The molecule has 0 aliphatic heterocycles. The Hall–Kier alpha value is -0.510. The molecule has 0 saturated carbocycles. The van der Waals surface area contributed by atoms with Gasteiger partial charge in [-0.15, -0.1) is 0 Å². The Morgan fingerprint density at radius 1 is 1.86 bits per heavy atom. The third-order valence-electron chi connectivity index (χ3n) is 0.198. The fourth-order valence-electron chi connectivity index (χ4n) is 0.0947. The van der Waals surface area contributed by atoms with Crippen LogP contribution in [0.3, 0.4) is 0 Å². The van der Waals surface area contributed by atoms with Crippen LogP contribution in [0, 0.1) is 0 Å². The summed E-state index contributed by atoms with van der Waals surface area (Å²) in [5.41, 5.74) is 0. The molecule has 0 unspecified atom stereocenters. The SMILES string of the molecule is C=C(F)SC(=O)O. The third kappa shape index (κ3) is 5.49. The van der Waals surface area contributed by atoms with Crippen LogP contribution in [0.1, 0.15) is 0 Å². The van der Waals surface area contributed by atoms with Crippen LogP contribution in [0.2, 0.25) is 0 Å². The van der Waals surface area contributed by atoms with Crippen LogP contribution < -0.4 is 0 Å². The van der Waals surface area contributed by atoms with Crippen molar-refractivity contribution in [2.75, 3.05) is 0 Å². The summed E-state index contributed by atoms with van der Waals surface area (Å²) in [6, 6.07) is 0. The van der Waals surface area contributed by atoms with Gasteiger partial charge in [0, 0.05) is 11.8 Å². The van der Waals surface area contributed by atoms with Gasteiger partial charge in [-0.2, -0.15) is 4.39 Å². The van der Waals surface area contributed by atoms with Gasteiger partial charge in [0.25, 0.3) is 0 Å². The molecule has 0 radical (unpaired) electrons. The van der Waals surface area contributed by atoms with Crippen molar-refractivity contribution in [1.29, 1.82) is 0 Å². The molecular formula is C3H3FO2S. The molecule has 0 aliphatic carbocycles. The first-order chi connectivity index (χ1) is 3.13. The molecule has 7 heavy (non-hydrogen) atoms. The first-order valence-corrected chi connectivity index (χ1v) is 2.20. The Bertz CT molecular complexity index is 89.1. The lowest BCUT2D eigenvalue weighted by Gasteiger charge is -1.81. The largest absolute Gasteiger partial charge is 0.473 e. The lowest BCUT2D eigenvalue weighted by molar-refractivity contribution is 0.222. The van der Waals surface area contributed by atoms with E-state index in [0.717, 1.165) is 0 Å². The number of hydrogen-bond acceptors (Lipinski definition) is 2. The Labute approximate surface area is 44.0 Å². The Morgan fingerprint density at radius 2 is 2.29 bits per heavy atom. The van der Waals surface area contributed by atoms with Crippen LogP contribution in [0.5, 0.6) is 0 Å². The number of carboxylic acid groups (broad SMARTS) is 1. The molecule has 0 bridgehead atoms. The van der Waals surface area contributed by atoms with Crippen molar-refractivity contribution in [2.45, 2.75) is 0 Å². The molecule has 0 aromatic rings. The van der Waals surface area contributed by atoms with Crippen molar-refractivity contribution in [3.05, 3.63) is 11.7 Å².